The lowest BCUT2D eigenvalue weighted by atomic mass is 10.2. The van der Waals surface area contributed by atoms with Crippen molar-refractivity contribution < 1.29 is 9.59 Å². The summed E-state index contributed by atoms with van der Waals surface area (Å²) in [7, 11) is 1.80. The normalized spacial score (nSPS) is 15.4. The minimum Gasteiger partial charge on any atom is -0.356 e. The number of nitrogens with zero attached hydrogens (tertiary/aromatic N) is 2. The molecule has 1 aliphatic rings. The molecule has 0 N–H and O–H groups in total. The molecule has 2 heterocycles. The Morgan fingerprint density at radius 1 is 1.23 bits per heavy atom. The van der Waals surface area contributed by atoms with Gasteiger partial charge in [0.2, 0.25) is 0 Å². The number of imide groups is 1. The summed E-state index contributed by atoms with van der Waals surface area (Å²) >= 11 is 2.00. The molecule has 2 rings (SSSR count). The minimum atomic E-state index is -0.185. The van der Waals surface area contributed by atoms with Gasteiger partial charge in [0.25, 0.3) is 11.8 Å². The molecule has 2 amide bonds. The summed E-state index contributed by atoms with van der Waals surface area (Å²) in [6.45, 7) is 0. The largest absolute Gasteiger partial charge is 0.356 e. The molecule has 0 radical (unpaired) electrons. The second-order valence-electron chi connectivity index (χ2n) is 2.91. The third-order valence-corrected chi connectivity index (χ3v) is 2.71. The molecule has 0 spiro atoms. The molecule has 1 aromatic rings. The zero-order valence-electron chi connectivity index (χ0n) is 6.95. The number of aryl methyl sites for hydroxylation is 1. The van der Waals surface area contributed by atoms with E-state index >= 15 is 0 Å². The van der Waals surface area contributed by atoms with Crippen LogP contribution in [0.5, 0.6) is 0 Å². The molecule has 1 aliphatic heterocycles. The summed E-state index contributed by atoms with van der Waals surface area (Å²) in [6, 6.07) is 0. The van der Waals surface area contributed by atoms with Crippen LogP contribution in [0, 0.1) is 0 Å². The van der Waals surface area contributed by atoms with E-state index in [1.54, 1.807) is 24.0 Å². The number of halogens is 1. The van der Waals surface area contributed by atoms with Crippen LogP contribution in [0.3, 0.4) is 0 Å². The predicted molar refractivity (Wildman–Crippen MR) is 54.8 cm³/mol. The molecule has 0 aromatic carbocycles. The summed E-state index contributed by atoms with van der Waals surface area (Å²) in [6.07, 6.45) is 3.36. The highest BCUT2D eigenvalue weighted by atomic mass is 127. The molecular formula is C8H7IN2O2. The van der Waals surface area contributed by atoms with Gasteiger partial charge in [-0.3, -0.25) is 14.5 Å². The Kier molecular flexibility index (Phi) is 1.90. The number of rotatable bonds is 1. The maximum atomic E-state index is 11.5. The SMILES string of the molecule is Cn1cc2c(c1)C(=O)N(CI)C2=O. The smallest absolute Gasteiger partial charge is 0.263 e. The van der Waals surface area contributed by atoms with Crippen molar-refractivity contribution in [3.8, 4) is 0 Å². The van der Waals surface area contributed by atoms with Crippen molar-refractivity contribution in [3.05, 3.63) is 23.5 Å². The van der Waals surface area contributed by atoms with Crippen LogP contribution < -0.4 is 0 Å². The lowest BCUT2D eigenvalue weighted by molar-refractivity contribution is 0.0687. The first-order chi connectivity index (χ1) is 6.15. The summed E-state index contributed by atoms with van der Waals surface area (Å²) < 4.78 is 2.14. The average Bonchev–Trinajstić information content (AvgIpc) is 2.55. The molecule has 0 bridgehead atoms. The van der Waals surface area contributed by atoms with Gasteiger partial charge in [-0.25, -0.2) is 0 Å². The Morgan fingerprint density at radius 3 is 2.08 bits per heavy atom. The lowest BCUT2D eigenvalue weighted by Gasteiger charge is -2.08. The zero-order valence-corrected chi connectivity index (χ0v) is 9.11. The van der Waals surface area contributed by atoms with Crippen molar-refractivity contribution in [2.75, 3.05) is 4.55 Å². The van der Waals surface area contributed by atoms with Gasteiger partial charge < -0.3 is 4.57 Å². The zero-order chi connectivity index (χ0) is 9.59. The van der Waals surface area contributed by atoms with E-state index in [9.17, 15) is 9.59 Å². The number of hydrogen-bond donors (Lipinski definition) is 0. The van der Waals surface area contributed by atoms with Crippen LogP contribution in [-0.2, 0) is 7.05 Å². The van der Waals surface area contributed by atoms with E-state index in [0.29, 0.717) is 15.7 Å². The van der Waals surface area contributed by atoms with Crippen molar-refractivity contribution in [1.29, 1.82) is 0 Å². The molecule has 13 heavy (non-hydrogen) atoms. The van der Waals surface area contributed by atoms with Gasteiger partial charge in [0, 0.05) is 19.4 Å². The average molecular weight is 290 g/mol. The van der Waals surface area contributed by atoms with Crippen molar-refractivity contribution in [3.63, 3.8) is 0 Å². The van der Waals surface area contributed by atoms with E-state index in [0.717, 1.165) is 0 Å². The van der Waals surface area contributed by atoms with Crippen LogP contribution in [0.1, 0.15) is 20.7 Å². The molecular weight excluding hydrogens is 283 g/mol. The topological polar surface area (TPSA) is 42.3 Å². The molecule has 68 valence electrons. The van der Waals surface area contributed by atoms with Crippen LogP contribution >= 0.6 is 22.6 Å². The first-order valence-electron chi connectivity index (χ1n) is 3.73. The summed E-state index contributed by atoms with van der Waals surface area (Å²) in [5, 5.41) is 0. The Balaban J connectivity index is 2.54. The highest BCUT2D eigenvalue weighted by Crippen LogP contribution is 2.23. The van der Waals surface area contributed by atoms with Crippen molar-refractivity contribution >= 4 is 34.4 Å². The Morgan fingerprint density at radius 2 is 1.69 bits per heavy atom. The molecule has 0 saturated carbocycles. The number of carbonyl (C=O) groups excluding carboxylic acids is 2. The summed E-state index contributed by atoms with van der Waals surface area (Å²) in [5.41, 5.74) is 1.04. The first-order valence-corrected chi connectivity index (χ1v) is 5.26. The molecule has 0 atom stereocenters. The van der Waals surface area contributed by atoms with Gasteiger partial charge in [-0.05, 0) is 0 Å². The minimum absolute atomic E-state index is 0.185. The van der Waals surface area contributed by atoms with Crippen LogP contribution in [0.25, 0.3) is 0 Å². The van der Waals surface area contributed by atoms with Crippen molar-refractivity contribution in [1.82, 2.24) is 9.47 Å². The van der Waals surface area contributed by atoms with Gasteiger partial charge in [0.05, 0.1) is 15.7 Å². The van der Waals surface area contributed by atoms with E-state index in [2.05, 4.69) is 0 Å². The number of fused-ring (bicyclic) bond motifs is 1. The second kappa shape index (κ2) is 2.83. The fourth-order valence-corrected chi connectivity index (χ4v) is 2.04. The Hall–Kier alpha value is -0.850. The third kappa shape index (κ3) is 1.10. The van der Waals surface area contributed by atoms with Crippen molar-refractivity contribution in [2.45, 2.75) is 0 Å². The molecule has 5 heteroatoms. The second-order valence-corrected chi connectivity index (χ2v) is 3.59. The van der Waals surface area contributed by atoms with E-state index in [1.165, 1.54) is 4.90 Å². The first kappa shape index (κ1) is 8.74. The highest BCUT2D eigenvalue weighted by molar-refractivity contribution is 14.1. The maximum absolute atomic E-state index is 11.5. The maximum Gasteiger partial charge on any atom is 0.263 e. The van der Waals surface area contributed by atoms with Gasteiger partial charge in [-0.15, -0.1) is 0 Å². The standard InChI is InChI=1S/C8H7IN2O2/c1-10-2-5-6(3-10)8(13)11(4-9)7(5)12/h2-3H,4H2,1H3. The summed E-state index contributed by atoms with van der Waals surface area (Å²) in [5.74, 6) is -0.370. The third-order valence-electron chi connectivity index (χ3n) is 2.03. The van der Waals surface area contributed by atoms with Gasteiger partial charge in [0.1, 0.15) is 0 Å². The quantitative estimate of drug-likeness (QED) is 0.335. The Bertz CT molecular complexity index is 363. The number of alkyl halides is 1. The van der Waals surface area contributed by atoms with Crippen molar-refractivity contribution in [2.24, 2.45) is 7.05 Å². The number of carbonyl (C=O) groups is 2. The lowest BCUT2D eigenvalue weighted by Crippen LogP contribution is -2.28. The number of aromatic nitrogens is 1. The van der Waals surface area contributed by atoms with E-state index in [4.69, 9.17) is 0 Å². The van der Waals surface area contributed by atoms with Crippen LogP contribution in [0.2, 0.25) is 0 Å². The van der Waals surface area contributed by atoms with Crippen LogP contribution in [0.15, 0.2) is 12.4 Å². The molecule has 0 aliphatic carbocycles. The van der Waals surface area contributed by atoms with E-state index < -0.39 is 0 Å². The molecule has 0 fully saturated rings. The van der Waals surface area contributed by atoms with Gasteiger partial charge in [0.15, 0.2) is 0 Å². The van der Waals surface area contributed by atoms with Gasteiger partial charge >= 0.3 is 0 Å². The summed E-state index contributed by atoms with van der Waals surface area (Å²) in [4.78, 5) is 24.3. The van der Waals surface area contributed by atoms with Gasteiger partial charge in [-0.2, -0.15) is 0 Å². The number of hydrogen-bond acceptors (Lipinski definition) is 2. The van der Waals surface area contributed by atoms with Crippen LogP contribution in [-0.4, -0.2) is 25.8 Å². The van der Waals surface area contributed by atoms with E-state index in [-0.39, 0.29) is 11.8 Å². The molecule has 4 nitrogen and oxygen atoms in total. The predicted octanol–water partition coefficient (Wildman–Crippen LogP) is 1.01. The molecule has 0 unspecified atom stereocenters. The molecule has 0 saturated heterocycles. The van der Waals surface area contributed by atoms with Gasteiger partial charge in [-0.1, -0.05) is 22.6 Å². The fraction of sp³-hybridized carbons (Fsp3) is 0.250. The fourth-order valence-electron chi connectivity index (χ4n) is 1.42. The molecule has 1 aromatic heterocycles. The Labute approximate surface area is 88.6 Å². The highest BCUT2D eigenvalue weighted by Gasteiger charge is 2.35. The van der Waals surface area contributed by atoms with Crippen LogP contribution in [0.4, 0.5) is 0 Å². The van der Waals surface area contributed by atoms with E-state index in [1.807, 2.05) is 22.6 Å². The monoisotopic (exact) mass is 290 g/mol. The number of amides is 2.